The number of piperidine rings is 1. The van der Waals surface area contributed by atoms with E-state index in [4.69, 9.17) is 14.3 Å². The Hall–Kier alpha value is -1.89. The summed E-state index contributed by atoms with van der Waals surface area (Å²) in [5, 5.41) is 1.59. The molecule has 0 aromatic carbocycles. The first-order chi connectivity index (χ1) is 10.3. The number of fused-ring (bicyclic) bond motifs is 1. The van der Waals surface area contributed by atoms with Crippen LogP contribution >= 0.6 is 0 Å². The first-order valence-electron chi connectivity index (χ1n) is 7.23. The van der Waals surface area contributed by atoms with Gasteiger partial charge in [0.2, 0.25) is 5.76 Å². The third-order valence-electron chi connectivity index (χ3n) is 4.33. The summed E-state index contributed by atoms with van der Waals surface area (Å²) in [6, 6.07) is -0.247. The number of hydrogen-bond donors (Lipinski definition) is 0. The topological polar surface area (TPSA) is 82.1 Å². The molecule has 2 rings (SSSR count). The summed E-state index contributed by atoms with van der Waals surface area (Å²) in [6.07, 6.45) is 2.36. The molecule has 0 aromatic heterocycles. The second-order valence-corrected chi connectivity index (χ2v) is 5.77. The van der Waals surface area contributed by atoms with Crippen LogP contribution in [0.5, 0.6) is 0 Å². The molecule has 2 aliphatic heterocycles. The molecular weight excluding hydrogens is 290 g/mol. The van der Waals surface area contributed by atoms with Crippen LogP contribution in [-0.2, 0) is 28.7 Å². The minimum atomic E-state index is -0.730. The molecule has 0 N–H and O–H groups in total. The Morgan fingerprint density at radius 1 is 1.32 bits per heavy atom. The largest absolute Gasteiger partial charge is 0.469 e. The Labute approximate surface area is 129 Å². The zero-order chi connectivity index (χ0) is 16.5. The average molecular weight is 311 g/mol. The Kier molecular flexibility index (Phi) is 4.55. The van der Waals surface area contributed by atoms with E-state index in [1.165, 1.54) is 21.1 Å². The molecule has 0 saturated carbocycles. The minimum Gasteiger partial charge on any atom is -0.469 e. The highest BCUT2D eigenvalue weighted by Gasteiger charge is 2.54. The third kappa shape index (κ3) is 2.61. The number of carbonyl (C=O) groups is 3. The van der Waals surface area contributed by atoms with Crippen molar-refractivity contribution in [2.45, 2.75) is 51.1 Å². The fraction of sp³-hybridized carbons (Fsp3) is 0.667. The van der Waals surface area contributed by atoms with Gasteiger partial charge in [0.05, 0.1) is 37.8 Å². The van der Waals surface area contributed by atoms with Crippen molar-refractivity contribution in [1.82, 2.24) is 5.06 Å². The summed E-state index contributed by atoms with van der Waals surface area (Å²) in [5.41, 5.74) is -0.416. The summed E-state index contributed by atoms with van der Waals surface area (Å²) in [5.74, 6) is -1.34. The Morgan fingerprint density at radius 3 is 2.55 bits per heavy atom. The first kappa shape index (κ1) is 16.5. The number of hydroxylamine groups is 2. The summed E-state index contributed by atoms with van der Waals surface area (Å²) < 4.78 is 9.42. The van der Waals surface area contributed by atoms with Gasteiger partial charge in [-0.25, -0.2) is 4.79 Å². The molecule has 7 nitrogen and oxygen atoms in total. The van der Waals surface area contributed by atoms with Crippen molar-refractivity contribution in [1.29, 1.82) is 0 Å². The van der Waals surface area contributed by atoms with Gasteiger partial charge in [0.15, 0.2) is 5.78 Å². The maximum absolute atomic E-state index is 12.1. The molecule has 2 aliphatic rings. The van der Waals surface area contributed by atoms with Gasteiger partial charge >= 0.3 is 11.9 Å². The van der Waals surface area contributed by atoms with Crippen molar-refractivity contribution in [2.75, 3.05) is 14.2 Å². The molecular formula is C15H21NO6. The second kappa shape index (κ2) is 6.08. The molecule has 0 amide bonds. The monoisotopic (exact) mass is 311 g/mol. The fourth-order valence-corrected chi connectivity index (χ4v) is 3.34. The molecule has 22 heavy (non-hydrogen) atoms. The molecule has 1 fully saturated rings. The number of methoxy groups -OCH3 is 2. The quantitative estimate of drug-likeness (QED) is 0.720. The summed E-state index contributed by atoms with van der Waals surface area (Å²) >= 11 is 0. The number of rotatable bonds is 4. The van der Waals surface area contributed by atoms with Crippen LogP contribution < -0.4 is 0 Å². The number of esters is 2. The van der Waals surface area contributed by atoms with E-state index in [2.05, 4.69) is 0 Å². The zero-order valence-corrected chi connectivity index (χ0v) is 13.3. The normalized spacial score (nSPS) is 27.9. The maximum Gasteiger partial charge on any atom is 0.376 e. The van der Waals surface area contributed by atoms with Gasteiger partial charge in [-0.3, -0.25) is 9.59 Å². The maximum atomic E-state index is 12.1. The Balaban J connectivity index is 2.38. The number of ketones is 1. The van der Waals surface area contributed by atoms with Gasteiger partial charge in [0, 0.05) is 0 Å². The van der Waals surface area contributed by atoms with E-state index in [1.807, 2.05) is 6.92 Å². The number of nitrogens with zero attached hydrogens (tertiary/aromatic N) is 1. The van der Waals surface area contributed by atoms with Gasteiger partial charge < -0.3 is 14.3 Å². The minimum absolute atomic E-state index is 0.0748. The van der Waals surface area contributed by atoms with E-state index in [-0.39, 0.29) is 30.0 Å². The Morgan fingerprint density at radius 2 is 2.00 bits per heavy atom. The van der Waals surface area contributed by atoms with Crippen LogP contribution in [0.4, 0.5) is 0 Å². The first-order valence-corrected chi connectivity index (χ1v) is 7.23. The van der Waals surface area contributed by atoms with Crippen LogP contribution in [0.3, 0.4) is 0 Å². The molecule has 2 atom stereocenters. The molecule has 0 radical (unpaired) electrons. The summed E-state index contributed by atoms with van der Waals surface area (Å²) in [7, 11) is 2.57. The van der Waals surface area contributed by atoms with E-state index >= 15 is 0 Å². The highest BCUT2D eigenvalue weighted by atomic mass is 16.7. The van der Waals surface area contributed by atoms with E-state index in [0.29, 0.717) is 12.0 Å². The summed E-state index contributed by atoms with van der Waals surface area (Å²) in [6.45, 7) is 3.25. The Bertz CT molecular complexity index is 540. The standard InChI is InChI=1S/C15H21NO6/c1-9(17)12-13(14(19)21-4)22-16-10(8-11(18)20-3)6-5-7-15(12,16)2/h10H,5-8H2,1-4H3/t10-,15-/m1/s1. The highest BCUT2D eigenvalue weighted by molar-refractivity contribution is 6.03. The van der Waals surface area contributed by atoms with Crippen LogP contribution in [0, 0.1) is 0 Å². The highest BCUT2D eigenvalue weighted by Crippen LogP contribution is 2.46. The van der Waals surface area contributed by atoms with Gasteiger partial charge in [0.1, 0.15) is 0 Å². The lowest BCUT2D eigenvalue weighted by Crippen LogP contribution is -2.53. The summed E-state index contributed by atoms with van der Waals surface area (Å²) in [4.78, 5) is 41.2. The van der Waals surface area contributed by atoms with Crippen LogP contribution in [0.2, 0.25) is 0 Å². The predicted octanol–water partition coefficient (Wildman–Crippen LogP) is 1.12. The predicted molar refractivity (Wildman–Crippen MR) is 75.3 cm³/mol. The molecule has 0 aromatic rings. The molecule has 0 unspecified atom stereocenters. The molecule has 0 bridgehead atoms. The zero-order valence-electron chi connectivity index (χ0n) is 13.3. The molecule has 2 heterocycles. The van der Waals surface area contributed by atoms with E-state index in [0.717, 1.165) is 12.8 Å². The molecule has 1 saturated heterocycles. The van der Waals surface area contributed by atoms with E-state index in [9.17, 15) is 14.4 Å². The smallest absolute Gasteiger partial charge is 0.376 e. The van der Waals surface area contributed by atoms with Gasteiger partial charge in [-0.1, -0.05) is 0 Å². The van der Waals surface area contributed by atoms with Gasteiger partial charge in [-0.05, 0) is 33.1 Å². The number of carbonyl (C=O) groups excluding carboxylic acids is 3. The van der Waals surface area contributed by atoms with Crippen LogP contribution in [0.25, 0.3) is 0 Å². The van der Waals surface area contributed by atoms with Crippen molar-refractivity contribution in [3.63, 3.8) is 0 Å². The number of Topliss-reactive ketones (excluding diaryl/α,β-unsaturated/α-hetero) is 1. The second-order valence-electron chi connectivity index (χ2n) is 5.77. The van der Waals surface area contributed by atoms with Gasteiger partial charge in [-0.15, -0.1) is 5.06 Å². The molecule has 0 aliphatic carbocycles. The van der Waals surface area contributed by atoms with Crippen LogP contribution in [-0.4, -0.2) is 48.6 Å². The molecule has 7 heteroatoms. The number of hydrogen-bond acceptors (Lipinski definition) is 7. The van der Waals surface area contributed by atoms with Gasteiger partial charge in [0.25, 0.3) is 0 Å². The van der Waals surface area contributed by atoms with Crippen molar-refractivity contribution in [3.05, 3.63) is 11.3 Å². The average Bonchev–Trinajstić information content (AvgIpc) is 2.80. The lowest BCUT2D eigenvalue weighted by molar-refractivity contribution is -0.206. The van der Waals surface area contributed by atoms with Crippen molar-refractivity contribution in [2.24, 2.45) is 0 Å². The van der Waals surface area contributed by atoms with Crippen molar-refractivity contribution < 1.29 is 28.7 Å². The van der Waals surface area contributed by atoms with Crippen molar-refractivity contribution in [3.8, 4) is 0 Å². The molecule has 122 valence electrons. The third-order valence-corrected chi connectivity index (χ3v) is 4.33. The lowest BCUT2D eigenvalue weighted by Gasteiger charge is -2.43. The van der Waals surface area contributed by atoms with Gasteiger partial charge in [-0.2, -0.15) is 0 Å². The molecule has 0 spiro atoms. The number of ether oxygens (including phenoxy) is 2. The fourth-order valence-electron chi connectivity index (χ4n) is 3.34. The van der Waals surface area contributed by atoms with Crippen LogP contribution in [0.15, 0.2) is 11.3 Å². The van der Waals surface area contributed by atoms with E-state index < -0.39 is 11.5 Å². The lowest BCUT2D eigenvalue weighted by atomic mass is 9.79. The van der Waals surface area contributed by atoms with E-state index in [1.54, 1.807) is 5.06 Å². The SMILES string of the molecule is COC(=O)C[C@H]1CCC[C@]2(C)C(C(C)=O)=C(C(=O)OC)ON12. The van der Waals surface area contributed by atoms with Crippen molar-refractivity contribution >= 4 is 17.7 Å². The van der Waals surface area contributed by atoms with Crippen LogP contribution in [0.1, 0.15) is 39.5 Å².